The van der Waals surface area contributed by atoms with Crippen LogP contribution in [-0.2, 0) is 17.7 Å². The summed E-state index contributed by atoms with van der Waals surface area (Å²) in [6.45, 7) is 5.74. The van der Waals surface area contributed by atoms with Crippen LogP contribution in [0.2, 0.25) is 0 Å². The van der Waals surface area contributed by atoms with E-state index in [4.69, 9.17) is 18.9 Å². The van der Waals surface area contributed by atoms with Gasteiger partial charge in [0.05, 0.1) is 20.3 Å². The van der Waals surface area contributed by atoms with Crippen LogP contribution >= 0.6 is 0 Å². The van der Waals surface area contributed by atoms with Crippen molar-refractivity contribution in [2.45, 2.75) is 25.9 Å². The summed E-state index contributed by atoms with van der Waals surface area (Å²) in [5, 5.41) is 3.69. The zero-order chi connectivity index (χ0) is 24.7. The van der Waals surface area contributed by atoms with E-state index in [0.29, 0.717) is 32.1 Å². The lowest BCUT2D eigenvalue weighted by Crippen LogP contribution is -2.36. The van der Waals surface area contributed by atoms with Gasteiger partial charge in [-0.1, -0.05) is 72.3 Å². The van der Waals surface area contributed by atoms with Crippen LogP contribution in [0, 0.1) is 6.92 Å². The first-order valence-corrected chi connectivity index (χ1v) is 12.5. The van der Waals surface area contributed by atoms with Gasteiger partial charge in [0.15, 0.2) is 0 Å². The first-order chi connectivity index (χ1) is 17.7. The monoisotopic (exact) mass is 483 g/mol. The molecule has 0 aliphatic carbocycles. The van der Waals surface area contributed by atoms with Crippen LogP contribution in [0.25, 0.3) is 0 Å². The summed E-state index contributed by atoms with van der Waals surface area (Å²) in [4.78, 5) is 7.34. The van der Waals surface area contributed by atoms with Gasteiger partial charge in [0, 0.05) is 26.1 Å². The summed E-state index contributed by atoms with van der Waals surface area (Å²) in [6.07, 6.45) is 0.708. The maximum absolute atomic E-state index is 6.58. The van der Waals surface area contributed by atoms with E-state index in [1.807, 2.05) is 24.3 Å². The van der Waals surface area contributed by atoms with Crippen molar-refractivity contribution in [3.8, 4) is 5.75 Å². The summed E-state index contributed by atoms with van der Waals surface area (Å²) in [6, 6.07) is 26.9. The SMILES string of the molecule is COc1cccc(C(NCc2ccc(C)cc2)c2nc(Cc3ccccc3)c(N3CCOCC3)o2)c1. The lowest BCUT2D eigenvalue weighted by Gasteiger charge is -2.27. The molecule has 186 valence electrons. The van der Waals surface area contributed by atoms with Gasteiger partial charge in [-0.25, -0.2) is 4.98 Å². The van der Waals surface area contributed by atoms with E-state index in [2.05, 4.69) is 71.7 Å². The van der Waals surface area contributed by atoms with Gasteiger partial charge in [0.2, 0.25) is 11.8 Å². The summed E-state index contributed by atoms with van der Waals surface area (Å²) in [7, 11) is 1.69. The summed E-state index contributed by atoms with van der Waals surface area (Å²) < 4.78 is 17.7. The molecule has 1 saturated heterocycles. The highest BCUT2D eigenvalue weighted by atomic mass is 16.5. The Morgan fingerprint density at radius 2 is 1.72 bits per heavy atom. The number of rotatable bonds is 9. The Morgan fingerprint density at radius 3 is 2.47 bits per heavy atom. The van der Waals surface area contributed by atoms with Gasteiger partial charge in [0.1, 0.15) is 17.5 Å². The number of nitrogens with one attached hydrogen (secondary N) is 1. The average molecular weight is 484 g/mol. The largest absolute Gasteiger partial charge is 0.497 e. The van der Waals surface area contributed by atoms with E-state index in [1.165, 1.54) is 16.7 Å². The van der Waals surface area contributed by atoms with Crippen molar-refractivity contribution in [1.82, 2.24) is 10.3 Å². The Morgan fingerprint density at radius 1 is 0.944 bits per heavy atom. The molecule has 0 amide bonds. The molecule has 1 aliphatic rings. The van der Waals surface area contributed by atoms with Crippen LogP contribution < -0.4 is 15.0 Å². The normalized spacial score (nSPS) is 14.6. The Kier molecular flexibility index (Phi) is 7.64. The Balaban J connectivity index is 1.51. The number of aryl methyl sites for hydroxylation is 1. The summed E-state index contributed by atoms with van der Waals surface area (Å²) >= 11 is 0. The Hall–Kier alpha value is -3.61. The number of methoxy groups -OCH3 is 1. The van der Waals surface area contributed by atoms with E-state index in [9.17, 15) is 0 Å². The number of oxazole rings is 1. The molecular weight excluding hydrogens is 450 g/mol. The van der Waals surface area contributed by atoms with Crippen molar-refractivity contribution in [2.24, 2.45) is 0 Å². The van der Waals surface area contributed by atoms with E-state index < -0.39 is 0 Å². The number of benzene rings is 3. The first kappa shape index (κ1) is 24.1. The molecule has 6 nitrogen and oxygen atoms in total. The van der Waals surface area contributed by atoms with Gasteiger partial charge >= 0.3 is 0 Å². The van der Waals surface area contributed by atoms with E-state index in [0.717, 1.165) is 36.0 Å². The molecule has 1 atom stereocenters. The Labute approximate surface area is 212 Å². The summed E-state index contributed by atoms with van der Waals surface area (Å²) in [5.41, 5.74) is 5.65. The van der Waals surface area contributed by atoms with Gasteiger partial charge in [-0.15, -0.1) is 0 Å². The van der Waals surface area contributed by atoms with Crippen LogP contribution in [0.4, 0.5) is 5.88 Å². The lowest BCUT2D eigenvalue weighted by atomic mass is 10.1. The minimum atomic E-state index is -0.231. The van der Waals surface area contributed by atoms with E-state index >= 15 is 0 Å². The molecule has 0 spiro atoms. The number of hydrogen-bond donors (Lipinski definition) is 1. The quantitative estimate of drug-likeness (QED) is 0.349. The zero-order valence-corrected chi connectivity index (χ0v) is 20.9. The fourth-order valence-electron chi connectivity index (χ4n) is 4.50. The van der Waals surface area contributed by atoms with Crippen LogP contribution in [0.1, 0.15) is 39.9 Å². The van der Waals surface area contributed by atoms with Gasteiger partial charge in [-0.05, 0) is 35.7 Å². The third-order valence-corrected chi connectivity index (χ3v) is 6.51. The van der Waals surface area contributed by atoms with Crippen LogP contribution in [-0.4, -0.2) is 38.4 Å². The molecule has 0 bridgehead atoms. The third-order valence-electron chi connectivity index (χ3n) is 6.51. The first-order valence-electron chi connectivity index (χ1n) is 12.5. The number of hydrogen-bond acceptors (Lipinski definition) is 6. The molecule has 1 fully saturated rings. The molecule has 1 aromatic heterocycles. The standard InChI is InChI=1S/C30H33N3O3/c1-22-11-13-24(14-12-22)21-31-28(25-9-6-10-26(20-25)34-2)29-32-27(19-23-7-4-3-5-8-23)30(36-29)33-15-17-35-18-16-33/h3-14,20,28,31H,15-19,21H2,1-2H3. The van der Waals surface area contributed by atoms with Crippen molar-refractivity contribution in [1.29, 1.82) is 0 Å². The topological polar surface area (TPSA) is 59.8 Å². The average Bonchev–Trinajstić information content (AvgIpc) is 3.34. The number of aromatic nitrogens is 1. The van der Waals surface area contributed by atoms with Gasteiger partial charge in [-0.2, -0.15) is 0 Å². The van der Waals surface area contributed by atoms with E-state index in [1.54, 1.807) is 7.11 Å². The number of morpholine rings is 1. The molecule has 1 unspecified atom stereocenters. The van der Waals surface area contributed by atoms with Crippen molar-refractivity contribution < 1.29 is 13.9 Å². The maximum Gasteiger partial charge on any atom is 0.220 e. The minimum absolute atomic E-state index is 0.231. The van der Waals surface area contributed by atoms with Gasteiger partial charge < -0.3 is 18.8 Å². The Bertz CT molecular complexity index is 1250. The molecule has 4 aromatic rings. The molecular formula is C30H33N3O3. The summed E-state index contributed by atoms with van der Waals surface area (Å²) in [5.74, 6) is 2.30. The van der Waals surface area contributed by atoms with Crippen LogP contribution in [0.15, 0.2) is 83.3 Å². The lowest BCUT2D eigenvalue weighted by molar-refractivity contribution is 0.120. The molecule has 5 rings (SSSR count). The predicted molar refractivity (Wildman–Crippen MR) is 142 cm³/mol. The molecule has 1 aliphatic heterocycles. The maximum atomic E-state index is 6.58. The molecule has 36 heavy (non-hydrogen) atoms. The number of nitrogens with zero attached hydrogens (tertiary/aromatic N) is 2. The van der Waals surface area contributed by atoms with E-state index in [-0.39, 0.29) is 6.04 Å². The van der Waals surface area contributed by atoms with Crippen molar-refractivity contribution in [2.75, 3.05) is 38.3 Å². The van der Waals surface area contributed by atoms with Gasteiger partial charge in [-0.3, -0.25) is 5.32 Å². The highest BCUT2D eigenvalue weighted by molar-refractivity contribution is 5.45. The molecule has 6 heteroatoms. The smallest absolute Gasteiger partial charge is 0.220 e. The highest BCUT2D eigenvalue weighted by Gasteiger charge is 2.27. The van der Waals surface area contributed by atoms with Gasteiger partial charge in [0.25, 0.3) is 0 Å². The fraction of sp³-hybridized carbons (Fsp3) is 0.300. The number of anilines is 1. The predicted octanol–water partition coefficient (Wildman–Crippen LogP) is 5.30. The second kappa shape index (κ2) is 11.4. The molecule has 2 heterocycles. The van der Waals surface area contributed by atoms with Crippen LogP contribution in [0.5, 0.6) is 5.75 Å². The second-order valence-electron chi connectivity index (χ2n) is 9.14. The molecule has 3 aromatic carbocycles. The molecule has 0 saturated carbocycles. The molecule has 1 N–H and O–H groups in total. The number of ether oxygens (including phenoxy) is 2. The van der Waals surface area contributed by atoms with Crippen LogP contribution in [0.3, 0.4) is 0 Å². The highest BCUT2D eigenvalue weighted by Crippen LogP contribution is 2.32. The second-order valence-corrected chi connectivity index (χ2v) is 9.14. The van der Waals surface area contributed by atoms with Crippen molar-refractivity contribution in [3.05, 3.63) is 113 Å². The third kappa shape index (κ3) is 5.78. The molecule has 0 radical (unpaired) electrons. The fourth-order valence-corrected chi connectivity index (χ4v) is 4.50. The van der Waals surface area contributed by atoms with Crippen molar-refractivity contribution in [3.63, 3.8) is 0 Å². The van der Waals surface area contributed by atoms with Crippen molar-refractivity contribution >= 4 is 5.88 Å². The zero-order valence-electron chi connectivity index (χ0n) is 20.9. The minimum Gasteiger partial charge on any atom is -0.497 e.